The Labute approximate surface area is 157 Å². The number of benzene rings is 1. The minimum atomic E-state index is -0.288. The zero-order valence-electron chi connectivity index (χ0n) is 15.0. The number of aromatic amines is 2. The summed E-state index contributed by atoms with van der Waals surface area (Å²) < 4.78 is 8.63. The van der Waals surface area contributed by atoms with Gasteiger partial charge in [0, 0.05) is 13.1 Å². The van der Waals surface area contributed by atoms with Crippen LogP contribution in [0.2, 0.25) is 0 Å². The van der Waals surface area contributed by atoms with Gasteiger partial charge in [0.05, 0.1) is 12.7 Å². The first kappa shape index (κ1) is 16.1. The molecule has 0 aliphatic rings. The third-order valence-corrected chi connectivity index (χ3v) is 4.49. The predicted molar refractivity (Wildman–Crippen MR) is 99.3 cm³/mol. The smallest absolute Gasteiger partial charge is 0.458 e. The van der Waals surface area contributed by atoms with Gasteiger partial charge < -0.3 is 4.74 Å². The van der Waals surface area contributed by atoms with Crippen LogP contribution in [0.3, 0.4) is 0 Å². The standard InChI is InChI=1S/C18H14N8O2/c1-10-21-18-22-12-7-8-25(17-19-9-20-23-17)16(27)14(12)15(26(18)24-10)11-5-3-4-6-13(11)28-2/h3-9H,1-2H3,(H,19,20,23)/p+1. The maximum Gasteiger partial charge on any atom is 0.458 e. The molecule has 0 spiro atoms. The second-order valence-electron chi connectivity index (χ2n) is 6.17. The summed E-state index contributed by atoms with van der Waals surface area (Å²) in [6.07, 6.45) is 2.96. The first-order valence-corrected chi connectivity index (χ1v) is 8.50. The van der Waals surface area contributed by atoms with Crippen LogP contribution in [0.15, 0.2) is 47.7 Å². The maximum atomic E-state index is 13.4. The van der Waals surface area contributed by atoms with Crippen LogP contribution < -0.4 is 14.8 Å². The molecule has 0 aliphatic carbocycles. The molecule has 4 aromatic heterocycles. The number of hydrogen-bond acceptors (Lipinski definition) is 6. The number of fused-ring (bicyclic) bond motifs is 2. The number of aryl methyl sites for hydroxylation is 1. The van der Waals surface area contributed by atoms with Crippen LogP contribution >= 0.6 is 0 Å². The Morgan fingerprint density at radius 2 is 2.04 bits per heavy atom. The van der Waals surface area contributed by atoms with Crippen molar-refractivity contribution in [3.63, 3.8) is 0 Å². The van der Waals surface area contributed by atoms with E-state index in [9.17, 15) is 4.79 Å². The van der Waals surface area contributed by atoms with Gasteiger partial charge in [-0.05, 0) is 18.2 Å². The highest BCUT2D eigenvalue weighted by atomic mass is 16.5. The zero-order valence-corrected chi connectivity index (χ0v) is 15.0. The lowest BCUT2D eigenvalue weighted by Gasteiger charge is -2.09. The Hall–Kier alpha value is -4.08. The highest BCUT2D eigenvalue weighted by Gasteiger charge is 2.26. The van der Waals surface area contributed by atoms with Crippen molar-refractivity contribution in [3.05, 3.63) is 59.0 Å². The lowest BCUT2D eigenvalue weighted by Crippen LogP contribution is -2.32. The van der Waals surface area contributed by atoms with Gasteiger partial charge in [-0.2, -0.15) is 10.1 Å². The molecule has 10 heteroatoms. The summed E-state index contributed by atoms with van der Waals surface area (Å²) in [6.45, 7) is 1.83. The Balaban J connectivity index is 1.99. The minimum absolute atomic E-state index is 0.288. The van der Waals surface area contributed by atoms with Crippen LogP contribution in [0.5, 0.6) is 5.75 Å². The van der Waals surface area contributed by atoms with Gasteiger partial charge in [-0.1, -0.05) is 22.1 Å². The third kappa shape index (κ3) is 2.28. The van der Waals surface area contributed by atoms with E-state index in [1.165, 1.54) is 10.9 Å². The van der Waals surface area contributed by atoms with Gasteiger partial charge in [-0.15, -0.1) is 4.52 Å². The number of methoxy groups -OCH3 is 1. The SMILES string of the molecule is COc1ccccc1-c1c2c(=O)n(-c3ncn[nH]3)ccc2nc2nc(C)[nH][n+]12. The van der Waals surface area contributed by atoms with Crippen molar-refractivity contribution in [1.29, 1.82) is 0 Å². The van der Waals surface area contributed by atoms with Crippen molar-refractivity contribution in [2.24, 2.45) is 0 Å². The molecule has 0 fully saturated rings. The van der Waals surface area contributed by atoms with Crippen LogP contribution in [-0.2, 0) is 0 Å². The summed E-state index contributed by atoms with van der Waals surface area (Å²) in [6, 6.07) is 9.25. The van der Waals surface area contributed by atoms with Crippen LogP contribution in [0.4, 0.5) is 0 Å². The lowest BCUT2D eigenvalue weighted by atomic mass is 10.1. The van der Waals surface area contributed by atoms with Crippen LogP contribution in [0.25, 0.3) is 33.9 Å². The monoisotopic (exact) mass is 375 g/mol. The van der Waals surface area contributed by atoms with Crippen molar-refractivity contribution in [2.45, 2.75) is 6.92 Å². The summed E-state index contributed by atoms with van der Waals surface area (Å²) in [4.78, 5) is 26.5. The highest BCUT2D eigenvalue weighted by molar-refractivity contribution is 5.92. The van der Waals surface area contributed by atoms with Crippen molar-refractivity contribution in [3.8, 4) is 23.0 Å². The summed E-state index contributed by atoms with van der Waals surface area (Å²) in [5.74, 6) is 2.09. The number of aromatic nitrogens is 8. The van der Waals surface area contributed by atoms with Gasteiger partial charge >= 0.3 is 5.78 Å². The summed E-state index contributed by atoms with van der Waals surface area (Å²) in [5, 5.41) is 10.1. The first-order chi connectivity index (χ1) is 13.7. The van der Waals surface area contributed by atoms with Crippen molar-refractivity contribution in [1.82, 2.24) is 34.8 Å². The van der Waals surface area contributed by atoms with E-state index in [1.54, 1.807) is 23.9 Å². The number of H-pyrrole nitrogens is 2. The molecule has 0 radical (unpaired) electrons. The number of rotatable bonds is 3. The number of nitrogens with one attached hydrogen (secondary N) is 2. The number of ether oxygens (including phenoxy) is 1. The van der Waals surface area contributed by atoms with Crippen molar-refractivity contribution >= 4 is 16.7 Å². The number of para-hydroxylation sites is 1. The van der Waals surface area contributed by atoms with E-state index >= 15 is 0 Å². The molecule has 0 bridgehead atoms. The molecule has 0 saturated heterocycles. The molecule has 0 unspecified atom stereocenters. The van der Waals surface area contributed by atoms with E-state index in [0.29, 0.717) is 39.9 Å². The van der Waals surface area contributed by atoms with Gasteiger partial charge in [-0.25, -0.2) is 10.2 Å². The zero-order chi connectivity index (χ0) is 19.3. The second kappa shape index (κ2) is 5.98. The van der Waals surface area contributed by atoms with Crippen LogP contribution in [-0.4, -0.2) is 41.9 Å². The molecular formula is C18H15N8O2+. The van der Waals surface area contributed by atoms with Gasteiger partial charge in [0.25, 0.3) is 5.56 Å². The van der Waals surface area contributed by atoms with Crippen LogP contribution in [0, 0.1) is 6.92 Å². The fourth-order valence-electron chi connectivity index (χ4n) is 3.31. The molecule has 138 valence electrons. The Morgan fingerprint density at radius 1 is 1.18 bits per heavy atom. The molecule has 2 N–H and O–H groups in total. The first-order valence-electron chi connectivity index (χ1n) is 8.50. The fraction of sp³-hybridized carbons (Fsp3) is 0.111. The number of hydrogen-bond donors (Lipinski definition) is 2. The molecule has 0 aliphatic heterocycles. The van der Waals surface area contributed by atoms with Crippen molar-refractivity contribution < 1.29 is 9.25 Å². The van der Waals surface area contributed by atoms with Gasteiger partial charge in [0.15, 0.2) is 11.2 Å². The van der Waals surface area contributed by atoms with Crippen LogP contribution in [0.1, 0.15) is 5.82 Å². The quantitative estimate of drug-likeness (QED) is 0.453. The fourth-order valence-corrected chi connectivity index (χ4v) is 3.31. The predicted octanol–water partition coefficient (Wildman–Crippen LogP) is 0.950. The largest absolute Gasteiger partial charge is 0.496 e. The number of pyridine rings is 1. The van der Waals surface area contributed by atoms with Gasteiger partial charge in [0.1, 0.15) is 17.5 Å². The Morgan fingerprint density at radius 3 is 2.82 bits per heavy atom. The molecule has 4 heterocycles. The van der Waals surface area contributed by atoms with E-state index in [-0.39, 0.29) is 5.56 Å². The minimum Gasteiger partial charge on any atom is -0.496 e. The van der Waals surface area contributed by atoms with E-state index in [2.05, 4.69) is 30.2 Å². The van der Waals surface area contributed by atoms with E-state index in [4.69, 9.17) is 4.74 Å². The summed E-state index contributed by atoms with van der Waals surface area (Å²) in [5.41, 5.74) is 1.58. The maximum absolute atomic E-state index is 13.4. The Bertz CT molecular complexity index is 1380. The molecule has 0 saturated carbocycles. The average Bonchev–Trinajstić information content (AvgIpc) is 3.35. The topological polar surface area (TPSA) is 118 Å². The number of nitrogens with zero attached hydrogens (tertiary/aromatic N) is 6. The molecule has 0 amide bonds. The lowest BCUT2D eigenvalue weighted by molar-refractivity contribution is -0.567. The summed E-state index contributed by atoms with van der Waals surface area (Å²) in [7, 11) is 1.59. The molecular weight excluding hydrogens is 360 g/mol. The van der Waals surface area contributed by atoms with E-state index in [1.807, 2.05) is 31.2 Å². The molecule has 1 aromatic carbocycles. The van der Waals surface area contributed by atoms with Gasteiger partial charge in [-0.3, -0.25) is 9.36 Å². The molecule has 5 rings (SSSR count). The van der Waals surface area contributed by atoms with E-state index in [0.717, 1.165) is 5.56 Å². The molecule has 10 nitrogen and oxygen atoms in total. The molecule has 5 aromatic rings. The Kier molecular flexibility index (Phi) is 3.44. The second-order valence-corrected chi connectivity index (χ2v) is 6.17. The average molecular weight is 375 g/mol. The summed E-state index contributed by atoms with van der Waals surface area (Å²) >= 11 is 0. The normalized spacial score (nSPS) is 11.4. The molecule has 0 atom stereocenters. The molecule has 28 heavy (non-hydrogen) atoms. The van der Waals surface area contributed by atoms with Crippen molar-refractivity contribution in [2.75, 3.05) is 7.11 Å². The van der Waals surface area contributed by atoms with E-state index < -0.39 is 0 Å². The third-order valence-electron chi connectivity index (χ3n) is 4.49. The van der Waals surface area contributed by atoms with Gasteiger partial charge in [0.2, 0.25) is 11.8 Å². The highest BCUT2D eigenvalue weighted by Crippen LogP contribution is 2.30.